The number of rotatable bonds is 4. The van der Waals surface area contributed by atoms with Gasteiger partial charge in [0.05, 0.1) is 29.3 Å². The third-order valence-corrected chi connectivity index (χ3v) is 4.59. The molecule has 5 nitrogen and oxygen atoms in total. The van der Waals surface area contributed by atoms with Crippen LogP contribution in [-0.4, -0.2) is 22.2 Å². The van der Waals surface area contributed by atoms with E-state index in [0.717, 1.165) is 31.4 Å². The van der Waals surface area contributed by atoms with Crippen molar-refractivity contribution in [2.24, 2.45) is 17.6 Å². The first-order valence-electron chi connectivity index (χ1n) is 8.11. The van der Waals surface area contributed by atoms with Gasteiger partial charge in [-0.15, -0.1) is 12.4 Å². The lowest BCUT2D eigenvalue weighted by Gasteiger charge is -2.16. The molecule has 0 spiro atoms. The number of anilines is 1. The van der Waals surface area contributed by atoms with Gasteiger partial charge >= 0.3 is 6.18 Å². The van der Waals surface area contributed by atoms with Crippen LogP contribution in [0.3, 0.4) is 0 Å². The molecule has 2 atom stereocenters. The fourth-order valence-electron chi connectivity index (χ4n) is 3.25. The molecule has 0 aliphatic heterocycles. The lowest BCUT2D eigenvalue weighted by Crippen LogP contribution is -2.29. The molecule has 1 heterocycles. The number of halogens is 4. The van der Waals surface area contributed by atoms with Crippen molar-refractivity contribution in [3.63, 3.8) is 0 Å². The normalized spacial score (nSPS) is 19.8. The number of hydrogen-bond donors (Lipinski definition) is 2. The number of hydrogen-bond acceptors (Lipinski definition) is 3. The van der Waals surface area contributed by atoms with Crippen molar-refractivity contribution in [1.29, 1.82) is 0 Å². The van der Waals surface area contributed by atoms with Gasteiger partial charge in [-0.1, -0.05) is 12.5 Å². The molecule has 1 aliphatic carbocycles. The Morgan fingerprint density at radius 1 is 1.35 bits per heavy atom. The average Bonchev–Trinajstić information content (AvgIpc) is 3.23. The van der Waals surface area contributed by atoms with E-state index >= 15 is 0 Å². The molecule has 3 rings (SSSR count). The van der Waals surface area contributed by atoms with Gasteiger partial charge in [0.25, 0.3) is 0 Å². The molecule has 1 fully saturated rings. The van der Waals surface area contributed by atoms with Crippen molar-refractivity contribution in [1.82, 2.24) is 9.78 Å². The summed E-state index contributed by atoms with van der Waals surface area (Å²) < 4.78 is 39.7. The molecule has 1 aliphatic rings. The molecule has 0 radical (unpaired) electrons. The van der Waals surface area contributed by atoms with Crippen LogP contribution in [0.4, 0.5) is 18.9 Å². The van der Waals surface area contributed by atoms with Gasteiger partial charge in [-0.05, 0) is 43.5 Å². The van der Waals surface area contributed by atoms with Gasteiger partial charge in [-0.3, -0.25) is 4.79 Å². The maximum absolute atomic E-state index is 12.8. The van der Waals surface area contributed by atoms with Gasteiger partial charge in [0.15, 0.2) is 0 Å². The van der Waals surface area contributed by atoms with Crippen molar-refractivity contribution in [3.05, 3.63) is 42.2 Å². The summed E-state index contributed by atoms with van der Waals surface area (Å²) in [4.78, 5) is 12.4. The molecule has 1 aromatic carbocycles. The van der Waals surface area contributed by atoms with Gasteiger partial charge in [0, 0.05) is 5.92 Å². The molecular weight excluding hydrogens is 369 g/mol. The Kier molecular flexibility index (Phi) is 6.30. The van der Waals surface area contributed by atoms with Crippen molar-refractivity contribution >= 4 is 24.0 Å². The third-order valence-electron chi connectivity index (χ3n) is 4.59. The number of aromatic nitrogens is 2. The van der Waals surface area contributed by atoms with Gasteiger partial charge < -0.3 is 11.1 Å². The van der Waals surface area contributed by atoms with E-state index in [1.165, 1.54) is 29.2 Å². The van der Waals surface area contributed by atoms with Crippen LogP contribution in [0.1, 0.15) is 24.8 Å². The monoisotopic (exact) mass is 388 g/mol. The first-order valence-corrected chi connectivity index (χ1v) is 8.11. The summed E-state index contributed by atoms with van der Waals surface area (Å²) in [5.74, 6) is -0.0584. The van der Waals surface area contributed by atoms with Gasteiger partial charge in [-0.2, -0.15) is 18.3 Å². The quantitative estimate of drug-likeness (QED) is 0.840. The van der Waals surface area contributed by atoms with E-state index in [1.54, 1.807) is 0 Å². The Bertz CT molecular complexity index is 762. The van der Waals surface area contributed by atoms with Crippen LogP contribution in [-0.2, 0) is 11.0 Å². The highest BCUT2D eigenvalue weighted by molar-refractivity contribution is 5.92. The average molecular weight is 389 g/mol. The van der Waals surface area contributed by atoms with E-state index in [1.807, 2.05) is 0 Å². The van der Waals surface area contributed by atoms with Crippen LogP contribution < -0.4 is 11.1 Å². The summed E-state index contributed by atoms with van der Waals surface area (Å²) in [7, 11) is 0. The van der Waals surface area contributed by atoms with Crippen LogP contribution in [0.15, 0.2) is 36.7 Å². The van der Waals surface area contributed by atoms with Crippen LogP contribution in [0.25, 0.3) is 5.69 Å². The second kappa shape index (κ2) is 8.09. The number of alkyl halides is 3. The van der Waals surface area contributed by atoms with Gasteiger partial charge in [0.1, 0.15) is 0 Å². The van der Waals surface area contributed by atoms with Crippen LogP contribution in [0.5, 0.6) is 0 Å². The fraction of sp³-hybridized carbons (Fsp3) is 0.412. The summed E-state index contributed by atoms with van der Waals surface area (Å²) in [5, 5.41) is 6.82. The SMILES string of the molecule is Cl.NC[C@H]1CCC[C@H]1C(=O)Nc1cnn(-c2cccc(C(F)(F)F)c2)c1. The molecule has 3 N–H and O–H groups in total. The number of benzene rings is 1. The van der Waals surface area contributed by atoms with E-state index in [4.69, 9.17) is 5.73 Å². The number of nitrogens with zero attached hydrogens (tertiary/aromatic N) is 2. The molecule has 142 valence electrons. The molecule has 26 heavy (non-hydrogen) atoms. The number of carbonyl (C=O) groups excluding carboxylic acids is 1. The van der Waals surface area contributed by atoms with E-state index in [9.17, 15) is 18.0 Å². The number of nitrogens with one attached hydrogen (secondary N) is 1. The molecule has 9 heteroatoms. The zero-order chi connectivity index (χ0) is 18.0. The Hall–Kier alpha value is -2.06. The molecule has 2 aromatic rings. The summed E-state index contributed by atoms with van der Waals surface area (Å²) >= 11 is 0. The maximum Gasteiger partial charge on any atom is 0.416 e. The zero-order valence-corrected chi connectivity index (χ0v) is 14.7. The molecule has 1 amide bonds. The van der Waals surface area contributed by atoms with Gasteiger partial charge in [-0.25, -0.2) is 4.68 Å². The maximum atomic E-state index is 12.8. The van der Waals surface area contributed by atoms with E-state index < -0.39 is 11.7 Å². The van der Waals surface area contributed by atoms with Crippen molar-refractivity contribution in [2.45, 2.75) is 25.4 Å². The highest BCUT2D eigenvalue weighted by Crippen LogP contribution is 2.32. The summed E-state index contributed by atoms with van der Waals surface area (Å²) in [6.45, 7) is 0.474. The first-order chi connectivity index (χ1) is 11.9. The van der Waals surface area contributed by atoms with Crippen LogP contribution in [0.2, 0.25) is 0 Å². The molecule has 0 saturated heterocycles. The van der Waals surface area contributed by atoms with Crippen LogP contribution in [0, 0.1) is 11.8 Å². The Morgan fingerprint density at radius 3 is 2.81 bits per heavy atom. The highest BCUT2D eigenvalue weighted by Gasteiger charge is 2.32. The predicted molar refractivity (Wildman–Crippen MR) is 94.3 cm³/mol. The highest BCUT2D eigenvalue weighted by atomic mass is 35.5. The smallest absolute Gasteiger partial charge is 0.330 e. The van der Waals surface area contributed by atoms with Crippen molar-refractivity contribution in [3.8, 4) is 5.69 Å². The largest absolute Gasteiger partial charge is 0.416 e. The van der Waals surface area contributed by atoms with Crippen LogP contribution >= 0.6 is 12.4 Å². The number of amides is 1. The van der Waals surface area contributed by atoms with E-state index in [0.29, 0.717) is 12.2 Å². The Balaban J connectivity index is 0.00000243. The minimum atomic E-state index is -4.42. The summed E-state index contributed by atoms with van der Waals surface area (Å²) in [6.07, 6.45) is 1.22. The van der Waals surface area contributed by atoms with E-state index in [-0.39, 0.29) is 35.8 Å². The second-order valence-corrected chi connectivity index (χ2v) is 6.24. The molecular formula is C17H20ClF3N4O. The second-order valence-electron chi connectivity index (χ2n) is 6.24. The number of nitrogens with two attached hydrogens (primary N) is 1. The lowest BCUT2D eigenvalue weighted by molar-refractivity contribution is -0.137. The minimum absolute atomic E-state index is 0. The lowest BCUT2D eigenvalue weighted by atomic mass is 9.95. The Morgan fingerprint density at radius 2 is 2.12 bits per heavy atom. The first kappa shape index (κ1) is 20.3. The minimum Gasteiger partial charge on any atom is -0.330 e. The zero-order valence-electron chi connectivity index (χ0n) is 13.9. The fourth-order valence-corrected chi connectivity index (χ4v) is 3.25. The standard InChI is InChI=1S/C17H19F3N4O.ClH/c18-17(19,20)12-4-2-5-14(7-12)24-10-13(9-22-24)23-16(25)15-6-1-3-11(15)8-21;/h2,4-5,7,9-11,15H,1,3,6,8,21H2,(H,23,25);1H/t11-,15-;/m1./s1. The third kappa shape index (κ3) is 4.37. The molecule has 0 bridgehead atoms. The predicted octanol–water partition coefficient (Wildman–Crippen LogP) is 3.63. The summed E-state index contributed by atoms with van der Waals surface area (Å²) in [6, 6.07) is 4.86. The van der Waals surface area contributed by atoms with E-state index in [2.05, 4.69) is 10.4 Å². The number of carbonyl (C=O) groups is 1. The molecule has 1 saturated carbocycles. The topological polar surface area (TPSA) is 72.9 Å². The Labute approximate surface area is 155 Å². The molecule has 0 unspecified atom stereocenters. The summed E-state index contributed by atoms with van der Waals surface area (Å²) in [5.41, 5.74) is 5.67. The van der Waals surface area contributed by atoms with Crippen molar-refractivity contribution in [2.75, 3.05) is 11.9 Å². The van der Waals surface area contributed by atoms with Gasteiger partial charge in [0.2, 0.25) is 5.91 Å². The molecule has 1 aromatic heterocycles. The van der Waals surface area contributed by atoms with Crippen molar-refractivity contribution < 1.29 is 18.0 Å².